The Morgan fingerprint density at radius 1 is 0.950 bits per heavy atom. The van der Waals surface area contributed by atoms with E-state index in [0.717, 1.165) is 17.2 Å². The molecule has 4 heteroatoms. The number of hydrogen-bond acceptors (Lipinski definition) is 1. The maximum Gasteiger partial charge on any atom is 0.194 e. The molecular weight excluding hydrogens is 263 g/mol. The molecule has 2 rings (SSSR count). The molecule has 0 aliphatic carbocycles. The van der Waals surface area contributed by atoms with Crippen LogP contribution in [0.5, 0.6) is 0 Å². The number of hydrogen-bond donors (Lipinski definition) is 1. The van der Waals surface area contributed by atoms with Gasteiger partial charge in [-0.2, -0.15) is 0 Å². The van der Waals surface area contributed by atoms with Crippen LogP contribution in [-0.2, 0) is 6.42 Å². The topological polar surface area (TPSA) is 26.0 Å². The lowest BCUT2D eigenvalue weighted by Crippen LogP contribution is -2.14. The van der Waals surface area contributed by atoms with Gasteiger partial charge in [0.25, 0.3) is 0 Å². The van der Waals surface area contributed by atoms with Gasteiger partial charge in [0.05, 0.1) is 0 Å². The Bertz CT molecular complexity index is 593. The first-order valence-corrected chi connectivity index (χ1v) is 6.43. The highest BCUT2D eigenvalue weighted by Crippen LogP contribution is 2.23. The molecule has 1 unspecified atom stereocenters. The van der Waals surface area contributed by atoms with Crippen LogP contribution < -0.4 is 5.73 Å². The van der Waals surface area contributed by atoms with Crippen LogP contribution in [0.2, 0.25) is 0 Å². The van der Waals surface area contributed by atoms with Crippen molar-refractivity contribution >= 4 is 0 Å². The predicted molar refractivity (Wildman–Crippen MR) is 72.7 cm³/mol. The molecule has 0 bridgehead atoms. The quantitative estimate of drug-likeness (QED) is 0.840. The van der Waals surface area contributed by atoms with Gasteiger partial charge in [0, 0.05) is 11.6 Å². The summed E-state index contributed by atoms with van der Waals surface area (Å²) in [6.45, 7) is 1.99. The van der Waals surface area contributed by atoms with Gasteiger partial charge in [0.2, 0.25) is 0 Å². The van der Waals surface area contributed by atoms with Crippen molar-refractivity contribution in [3.05, 3.63) is 70.5 Å². The van der Waals surface area contributed by atoms with E-state index in [4.69, 9.17) is 5.73 Å². The second-order valence-corrected chi connectivity index (χ2v) is 4.90. The molecule has 0 radical (unpaired) electrons. The highest BCUT2D eigenvalue weighted by Gasteiger charge is 2.18. The largest absolute Gasteiger partial charge is 0.324 e. The van der Waals surface area contributed by atoms with Crippen molar-refractivity contribution in [1.29, 1.82) is 0 Å². The van der Waals surface area contributed by atoms with E-state index in [2.05, 4.69) is 0 Å². The van der Waals surface area contributed by atoms with Crippen molar-refractivity contribution in [3.63, 3.8) is 0 Å². The van der Waals surface area contributed by atoms with Gasteiger partial charge < -0.3 is 5.73 Å². The Hall–Kier alpha value is -1.81. The van der Waals surface area contributed by atoms with Crippen LogP contribution in [0.15, 0.2) is 36.4 Å². The molecule has 2 N–H and O–H groups in total. The van der Waals surface area contributed by atoms with E-state index in [0.29, 0.717) is 12.8 Å². The summed E-state index contributed by atoms with van der Waals surface area (Å²) >= 11 is 0. The van der Waals surface area contributed by atoms with E-state index in [1.165, 1.54) is 6.07 Å². The minimum atomic E-state index is -1.46. The van der Waals surface area contributed by atoms with Gasteiger partial charge >= 0.3 is 0 Å². The van der Waals surface area contributed by atoms with Gasteiger partial charge in [-0.1, -0.05) is 35.9 Å². The maximum absolute atomic E-state index is 13.6. The summed E-state index contributed by atoms with van der Waals surface area (Å²) in [7, 11) is 0. The van der Waals surface area contributed by atoms with Gasteiger partial charge in [0.15, 0.2) is 17.5 Å². The normalized spacial score (nSPS) is 12.4. The lowest BCUT2D eigenvalue weighted by atomic mass is 9.98. The number of nitrogens with two attached hydrogens (primary N) is 1. The second-order valence-electron chi connectivity index (χ2n) is 4.90. The highest BCUT2D eigenvalue weighted by atomic mass is 19.2. The minimum absolute atomic E-state index is 0.0102. The summed E-state index contributed by atoms with van der Waals surface area (Å²) in [4.78, 5) is 0. The fourth-order valence-corrected chi connectivity index (χ4v) is 2.06. The van der Waals surface area contributed by atoms with Gasteiger partial charge in [-0.15, -0.1) is 0 Å². The molecule has 0 fully saturated rings. The molecular formula is C16H16F3N. The van der Waals surface area contributed by atoms with Crippen LogP contribution in [0.25, 0.3) is 0 Å². The smallest absolute Gasteiger partial charge is 0.194 e. The van der Waals surface area contributed by atoms with E-state index in [1.807, 2.05) is 31.2 Å². The van der Waals surface area contributed by atoms with Crippen molar-refractivity contribution in [1.82, 2.24) is 0 Å². The fraction of sp³-hybridized carbons (Fsp3) is 0.250. The molecule has 0 heterocycles. The van der Waals surface area contributed by atoms with Gasteiger partial charge in [0.1, 0.15) is 0 Å². The van der Waals surface area contributed by atoms with E-state index in [9.17, 15) is 13.2 Å². The van der Waals surface area contributed by atoms with Crippen LogP contribution >= 0.6 is 0 Å². The molecule has 0 aliphatic rings. The van der Waals surface area contributed by atoms with Crippen molar-refractivity contribution in [3.8, 4) is 0 Å². The van der Waals surface area contributed by atoms with Crippen LogP contribution in [0.1, 0.15) is 29.2 Å². The predicted octanol–water partition coefficient (Wildman–Crippen LogP) is 4.04. The lowest BCUT2D eigenvalue weighted by molar-refractivity contribution is 0.433. The second kappa shape index (κ2) is 6.09. The van der Waals surface area contributed by atoms with Crippen molar-refractivity contribution < 1.29 is 13.2 Å². The number of rotatable bonds is 4. The first-order chi connectivity index (χ1) is 9.49. The zero-order valence-corrected chi connectivity index (χ0v) is 11.2. The SMILES string of the molecule is Cc1ccc(CCC(N)c2ccc(F)c(F)c2F)cc1. The molecule has 0 spiro atoms. The van der Waals surface area contributed by atoms with Gasteiger partial charge in [-0.3, -0.25) is 0 Å². The molecule has 1 nitrogen and oxygen atoms in total. The summed E-state index contributed by atoms with van der Waals surface area (Å²) in [5.41, 5.74) is 8.11. The molecule has 2 aromatic rings. The third kappa shape index (κ3) is 3.20. The summed E-state index contributed by atoms with van der Waals surface area (Å²) < 4.78 is 39.6. The van der Waals surface area contributed by atoms with E-state index < -0.39 is 23.5 Å². The first-order valence-electron chi connectivity index (χ1n) is 6.43. The Balaban J connectivity index is 2.07. The molecule has 0 aliphatic heterocycles. The third-order valence-electron chi connectivity index (χ3n) is 3.33. The standard InChI is InChI=1S/C16H16F3N/c1-10-2-4-11(5-3-10)6-9-14(20)12-7-8-13(17)16(19)15(12)18/h2-5,7-8,14H,6,9,20H2,1H3. The Labute approximate surface area is 116 Å². The Morgan fingerprint density at radius 3 is 2.25 bits per heavy atom. The molecule has 0 saturated carbocycles. The van der Waals surface area contributed by atoms with Crippen LogP contribution in [0.4, 0.5) is 13.2 Å². The van der Waals surface area contributed by atoms with E-state index in [1.54, 1.807) is 0 Å². The van der Waals surface area contributed by atoms with Gasteiger partial charge in [-0.25, -0.2) is 13.2 Å². The van der Waals surface area contributed by atoms with E-state index >= 15 is 0 Å². The number of benzene rings is 2. The van der Waals surface area contributed by atoms with E-state index in [-0.39, 0.29) is 5.56 Å². The van der Waals surface area contributed by atoms with Crippen LogP contribution in [0, 0.1) is 24.4 Å². The minimum Gasteiger partial charge on any atom is -0.324 e. The van der Waals surface area contributed by atoms with Gasteiger partial charge in [-0.05, 0) is 31.4 Å². The molecule has 2 aromatic carbocycles. The first kappa shape index (κ1) is 14.6. The molecule has 1 atom stereocenters. The maximum atomic E-state index is 13.6. The Kier molecular flexibility index (Phi) is 4.45. The molecule has 0 amide bonds. The van der Waals surface area contributed by atoms with Crippen molar-refractivity contribution in [2.24, 2.45) is 5.73 Å². The monoisotopic (exact) mass is 279 g/mol. The van der Waals surface area contributed by atoms with Crippen molar-refractivity contribution in [2.75, 3.05) is 0 Å². The number of aryl methyl sites for hydroxylation is 2. The summed E-state index contributed by atoms with van der Waals surface area (Å²) in [5, 5.41) is 0. The average Bonchev–Trinajstić information content (AvgIpc) is 2.44. The Morgan fingerprint density at radius 2 is 1.60 bits per heavy atom. The highest BCUT2D eigenvalue weighted by molar-refractivity contribution is 5.25. The van der Waals surface area contributed by atoms with Crippen LogP contribution in [0.3, 0.4) is 0 Å². The lowest BCUT2D eigenvalue weighted by Gasteiger charge is -2.13. The molecule has 0 saturated heterocycles. The van der Waals surface area contributed by atoms with Crippen molar-refractivity contribution in [2.45, 2.75) is 25.8 Å². The zero-order valence-electron chi connectivity index (χ0n) is 11.2. The molecule has 0 aromatic heterocycles. The summed E-state index contributed by atoms with van der Waals surface area (Å²) in [6, 6.07) is 9.37. The zero-order chi connectivity index (χ0) is 14.7. The number of halogens is 3. The average molecular weight is 279 g/mol. The third-order valence-corrected chi connectivity index (χ3v) is 3.33. The van der Waals surface area contributed by atoms with Crippen LogP contribution in [-0.4, -0.2) is 0 Å². The summed E-state index contributed by atoms with van der Waals surface area (Å²) in [6.07, 6.45) is 1.12. The summed E-state index contributed by atoms with van der Waals surface area (Å²) in [5.74, 6) is -3.85. The molecule has 106 valence electrons. The fourth-order valence-electron chi connectivity index (χ4n) is 2.06. The molecule has 20 heavy (non-hydrogen) atoms.